The number of nitrogens with zero attached hydrogens (tertiary/aromatic N) is 3. The second-order valence-corrected chi connectivity index (χ2v) is 12.6. The predicted molar refractivity (Wildman–Crippen MR) is 167 cm³/mol. The van der Waals surface area contributed by atoms with E-state index in [2.05, 4.69) is 5.32 Å². The molecule has 0 bridgehead atoms. The standard InChI is InChI=1S/C33H27FN4O5S/c1-35-33(39)30-23-17-22(26(37(2)44(3,40)41)18-28(23)43-32(30)19-7-10-21(34)11-8-19)20-9-12-27-24(16-20)31-25(13-15-42-27)38-14-5-4-6-29(38)36-31/h4-12,14,16-18H,13,15H2,1-3H3,(H,35,39). The molecule has 0 spiro atoms. The zero-order chi connectivity index (χ0) is 30.7. The normalized spacial score (nSPS) is 12.8. The van der Waals surface area contributed by atoms with Crippen molar-refractivity contribution in [2.24, 2.45) is 0 Å². The number of halogens is 1. The first-order valence-corrected chi connectivity index (χ1v) is 15.7. The lowest BCUT2D eigenvalue weighted by Gasteiger charge is -2.21. The third kappa shape index (κ3) is 4.47. The minimum atomic E-state index is -3.70. The number of carbonyl (C=O) groups is 1. The van der Waals surface area contributed by atoms with Crippen LogP contribution in [0.25, 0.3) is 50.3 Å². The highest BCUT2D eigenvalue weighted by Crippen LogP contribution is 2.44. The molecule has 0 saturated heterocycles. The summed E-state index contributed by atoms with van der Waals surface area (Å²) in [7, 11) is -0.711. The van der Waals surface area contributed by atoms with Gasteiger partial charge < -0.3 is 18.9 Å². The Morgan fingerprint density at radius 3 is 2.55 bits per heavy atom. The Morgan fingerprint density at radius 1 is 1.02 bits per heavy atom. The van der Waals surface area contributed by atoms with E-state index in [4.69, 9.17) is 14.1 Å². The number of anilines is 1. The van der Waals surface area contributed by atoms with Crippen molar-refractivity contribution in [1.29, 1.82) is 0 Å². The van der Waals surface area contributed by atoms with E-state index in [1.165, 1.54) is 42.7 Å². The van der Waals surface area contributed by atoms with Crippen LogP contribution in [0.2, 0.25) is 0 Å². The third-order valence-electron chi connectivity index (χ3n) is 7.97. The fourth-order valence-corrected chi connectivity index (χ4v) is 6.23. The molecular formula is C33H27FN4O5S. The highest BCUT2D eigenvalue weighted by Gasteiger charge is 2.27. The quantitative estimate of drug-likeness (QED) is 0.260. The molecule has 3 aromatic heterocycles. The Hall–Kier alpha value is -5.16. The first-order chi connectivity index (χ1) is 21.1. The van der Waals surface area contributed by atoms with E-state index in [0.29, 0.717) is 52.1 Å². The molecule has 1 aliphatic heterocycles. The first-order valence-electron chi connectivity index (χ1n) is 13.9. The molecule has 4 heterocycles. The third-order valence-corrected chi connectivity index (χ3v) is 9.17. The summed E-state index contributed by atoms with van der Waals surface area (Å²) in [5.74, 6) is 0.0895. The molecule has 1 amide bonds. The van der Waals surface area contributed by atoms with E-state index in [-0.39, 0.29) is 11.3 Å². The molecular weight excluding hydrogens is 583 g/mol. The predicted octanol–water partition coefficient (Wildman–Crippen LogP) is 5.91. The van der Waals surface area contributed by atoms with E-state index < -0.39 is 21.7 Å². The molecule has 44 heavy (non-hydrogen) atoms. The van der Waals surface area contributed by atoms with Gasteiger partial charge in [-0.25, -0.2) is 17.8 Å². The molecule has 0 aliphatic carbocycles. The molecule has 1 aliphatic rings. The molecule has 1 N–H and O–H groups in total. The van der Waals surface area contributed by atoms with Gasteiger partial charge in [-0.15, -0.1) is 0 Å². The van der Waals surface area contributed by atoms with Crippen molar-refractivity contribution in [2.75, 3.05) is 31.3 Å². The van der Waals surface area contributed by atoms with E-state index in [1.54, 1.807) is 12.1 Å². The Bertz CT molecular complexity index is 2220. The second-order valence-electron chi connectivity index (χ2n) is 10.6. The number of furan rings is 1. The summed E-state index contributed by atoms with van der Waals surface area (Å²) in [6.07, 6.45) is 3.76. The van der Waals surface area contributed by atoms with Crippen LogP contribution in [-0.2, 0) is 16.4 Å². The number of imidazole rings is 1. The molecule has 9 nitrogen and oxygen atoms in total. The van der Waals surface area contributed by atoms with E-state index in [0.717, 1.165) is 28.9 Å². The summed E-state index contributed by atoms with van der Waals surface area (Å²) in [5.41, 5.74) is 6.06. The number of carbonyl (C=O) groups excluding carboxylic acids is 1. The van der Waals surface area contributed by atoms with Gasteiger partial charge in [0, 0.05) is 54.9 Å². The Kier molecular flexibility index (Phi) is 6.43. The number of sulfonamides is 1. The number of aromatic nitrogens is 2. The van der Waals surface area contributed by atoms with Crippen molar-refractivity contribution in [1.82, 2.24) is 14.7 Å². The van der Waals surface area contributed by atoms with Crippen molar-refractivity contribution in [3.8, 4) is 39.5 Å². The van der Waals surface area contributed by atoms with Crippen LogP contribution >= 0.6 is 0 Å². The number of pyridine rings is 1. The molecule has 3 aromatic carbocycles. The fourth-order valence-electron chi connectivity index (χ4n) is 5.72. The number of ether oxygens (including phenoxy) is 1. The first kappa shape index (κ1) is 27.7. The van der Waals surface area contributed by atoms with Gasteiger partial charge >= 0.3 is 0 Å². The van der Waals surface area contributed by atoms with Gasteiger partial charge in [-0.3, -0.25) is 9.10 Å². The Labute approximate surface area is 252 Å². The van der Waals surface area contributed by atoms with Gasteiger partial charge in [0.1, 0.15) is 28.6 Å². The van der Waals surface area contributed by atoms with Crippen molar-refractivity contribution < 1.29 is 26.8 Å². The topological polar surface area (TPSA) is 106 Å². The largest absolute Gasteiger partial charge is 0.492 e. The lowest BCUT2D eigenvalue weighted by Crippen LogP contribution is -2.25. The summed E-state index contributed by atoms with van der Waals surface area (Å²) in [6, 6.07) is 20.5. The zero-order valence-electron chi connectivity index (χ0n) is 24.1. The van der Waals surface area contributed by atoms with Gasteiger partial charge in [0.15, 0.2) is 0 Å². The summed E-state index contributed by atoms with van der Waals surface area (Å²) in [4.78, 5) is 18.2. The van der Waals surface area contributed by atoms with Crippen LogP contribution in [0.5, 0.6) is 5.75 Å². The Morgan fingerprint density at radius 2 is 1.80 bits per heavy atom. The Balaban J connectivity index is 1.50. The molecule has 0 fully saturated rings. The highest BCUT2D eigenvalue weighted by molar-refractivity contribution is 7.92. The van der Waals surface area contributed by atoms with Crippen LogP contribution in [0.3, 0.4) is 0 Å². The van der Waals surface area contributed by atoms with Crippen LogP contribution in [0.1, 0.15) is 16.1 Å². The highest BCUT2D eigenvalue weighted by atomic mass is 32.2. The SMILES string of the molecule is CNC(=O)c1c(-c2ccc(F)cc2)oc2cc(N(C)S(C)(=O)=O)c(-c3ccc4c(c3)-c3nc5ccccn5c3CCO4)cc12. The minimum Gasteiger partial charge on any atom is -0.492 e. The number of rotatable bonds is 5. The fraction of sp³-hybridized carbons (Fsp3) is 0.152. The molecule has 222 valence electrons. The van der Waals surface area contributed by atoms with Gasteiger partial charge in [-0.05, 0) is 60.2 Å². The van der Waals surface area contributed by atoms with Gasteiger partial charge in [0.2, 0.25) is 10.0 Å². The number of benzene rings is 3. The minimum absolute atomic E-state index is 0.245. The van der Waals surface area contributed by atoms with E-state index in [1.807, 2.05) is 47.0 Å². The van der Waals surface area contributed by atoms with Crippen molar-refractivity contribution in [2.45, 2.75) is 6.42 Å². The maximum absolute atomic E-state index is 13.7. The van der Waals surface area contributed by atoms with Crippen LogP contribution in [-0.4, -0.2) is 50.7 Å². The number of amides is 1. The average molecular weight is 611 g/mol. The monoisotopic (exact) mass is 610 g/mol. The van der Waals surface area contributed by atoms with Crippen LogP contribution < -0.4 is 14.4 Å². The average Bonchev–Trinajstić information content (AvgIpc) is 3.52. The summed E-state index contributed by atoms with van der Waals surface area (Å²) in [6.45, 7) is 0.479. The lowest BCUT2D eigenvalue weighted by atomic mass is 9.96. The van der Waals surface area contributed by atoms with Gasteiger partial charge in [-0.1, -0.05) is 12.1 Å². The zero-order valence-corrected chi connectivity index (χ0v) is 24.9. The maximum Gasteiger partial charge on any atom is 0.255 e. The number of fused-ring (bicyclic) bond motifs is 6. The lowest BCUT2D eigenvalue weighted by molar-refractivity contribution is 0.0964. The van der Waals surface area contributed by atoms with Gasteiger partial charge in [-0.2, -0.15) is 0 Å². The summed E-state index contributed by atoms with van der Waals surface area (Å²) in [5, 5.41) is 3.14. The number of hydrogen-bond acceptors (Lipinski definition) is 6. The van der Waals surface area contributed by atoms with Crippen molar-refractivity contribution in [3.63, 3.8) is 0 Å². The van der Waals surface area contributed by atoms with Crippen molar-refractivity contribution in [3.05, 3.63) is 96.1 Å². The van der Waals surface area contributed by atoms with Crippen molar-refractivity contribution >= 4 is 38.2 Å². The number of hydrogen-bond donors (Lipinski definition) is 1. The van der Waals surface area contributed by atoms with Gasteiger partial charge in [0.05, 0.1) is 35.5 Å². The molecule has 7 rings (SSSR count). The summed E-state index contributed by atoms with van der Waals surface area (Å²) < 4.78 is 54.9. The van der Waals surface area contributed by atoms with Gasteiger partial charge in [0.25, 0.3) is 5.91 Å². The summed E-state index contributed by atoms with van der Waals surface area (Å²) >= 11 is 0. The smallest absolute Gasteiger partial charge is 0.255 e. The van der Waals surface area contributed by atoms with Crippen LogP contribution in [0.15, 0.2) is 83.4 Å². The van der Waals surface area contributed by atoms with E-state index >= 15 is 0 Å². The molecule has 0 saturated carbocycles. The molecule has 0 unspecified atom stereocenters. The molecule has 6 aromatic rings. The molecule has 0 atom stereocenters. The van der Waals surface area contributed by atoms with Crippen LogP contribution in [0.4, 0.5) is 10.1 Å². The molecule has 11 heteroatoms. The maximum atomic E-state index is 13.7. The van der Waals surface area contributed by atoms with E-state index in [9.17, 15) is 17.6 Å². The van der Waals surface area contributed by atoms with Crippen LogP contribution in [0, 0.1) is 5.82 Å². The molecule has 0 radical (unpaired) electrons. The second kappa shape index (κ2) is 10.2. The number of nitrogens with one attached hydrogen (secondary N) is 1.